The average Bonchev–Trinajstić information content (AvgIpc) is 2.49. The minimum Gasteiger partial charge on any atom is -0.318 e. The first-order chi connectivity index (χ1) is 9.63. The molecule has 0 bridgehead atoms. The van der Waals surface area contributed by atoms with E-state index in [1.54, 1.807) is 6.07 Å². The van der Waals surface area contributed by atoms with Gasteiger partial charge in [-0.05, 0) is 18.2 Å². The molecule has 1 aromatic carbocycles. The van der Waals surface area contributed by atoms with Gasteiger partial charge in [0.2, 0.25) is 0 Å². The highest BCUT2D eigenvalue weighted by atomic mass is 19.1. The first kappa shape index (κ1) is 13.4. The van der Waals surface area contributed by atoms with E-state index in [4.69, 9.17) is 11.1 Å². The van der Waals surface area contributed by atoms with E-state index in [2.05, 4.69) is 20.7 Å². The Morgan fingerprint density at radius 3 is 2.70 bits per heavy atom. The molecule has 0 fully saturated rings. The summed E-state index contributed by atoms with van der Waals surface area (Å²) < 4.78 is 13.6. The van der Waals surface area contributed by atoms with Crippen LogP contribution in [0.5, 0.6) is 0 Å². The Kier molecular flexibility index (Phi) is 3.83. The lowest BCUT2D eigenvalue weighted by Gasteiger charge is -2.06. The molecule has 4 N–H and O–H groups in total. The van der Waals surface area contributed by atoms with E-state index in [0.717, 1.165) is 6.07 Å². The van der Waals surface area contributed by atoms with Crippen molar-refractivity contribution in [1.82, 2.24) is 9.97 Å². The zero-order valence-electron chi connectivity index (χ0n) is 10.1. The van der Waals surface area contributed by atoms with E-state index in [1.165, 1.54) is 24.5 Å². The Balaban J connectivity index is 2.17. The number of benzene rings is 1. The Morgan fingerprint density at radius 2 is 2.15 bits per heavy atom. The molecule has 2 aromatic rings. The van der Waals surface area contributed by atoms with Gasteiger partial charge in [-0.2, -0.15) is 5.26 Å². The lowest BCUT2D eigenvalue weighted by Crippen LogP contribution is -2.16. The molecule has 20 heavy (non-hydrogen) atoms. The van der Waals surface area contributed by atoms with Gasteiger partial charge in [-0.1, -0.05) is 0 Å². The number of nitrogens with one attached hydrogen (secondary N) is 2. The normalized spacial score (nSPS) is 9.65. The lowest BCUT2D eigenvalue weighted by atomic mass is 10.2. The third kappa shape index (κ3) is 2.85. The molecule has 0 atom stereocenters. The molecule has 0 unspecified atom stereocenters. The van der Waals surface area contributed by atoms with Crippen molar-refractivity contribution in [3.8, 4) is 6.07 Å². The van der Waals surface area contributed by atoms with E-state index in [-0.39, 0.29) is 16.9 Å². The lowest BCUT2D eigenvalue weighted by molar-refractivity contribution is 0.102. The maximum absolute atomic E-state index is 13.6. The first-order valence-corrected chi connectivity index (χ1v) is 5.43. The second-order valence-electron chi connectivity index (χ2n) is 3.69. The number of nitrogens with two attached hydrogens (primary N) is 1. The topological polar surface area (TPSA) is 117 Å². The smallest absolute Gasteiger partial charge is 0.275 e. The summed E-state index contributed by atoms with van der Waals surface area (Å²) in [6, 6.07) is 5.52. The van der Waals surface area contributed by atoms with Crippen molar-refractivity contribution in [2.45, 2.75) is 0 Å². The summed E-state index contributed by atoms with van der Waals surface area (Å²) in [6.07, 6.45) is 2.47. The number of amides is 1. The summed E-state index contributed by atoms with van der Waals surface area (Å²) in [6.45, 7) is 0. The van der Waals surface area contributed by atoms with Crippen LogP contribution in [0.2, 0.25) is 0 Å². The Hall–Kier alpha value is -3.05. The molecule has 7 nitrogen and oxygen atoms in total. The van der Waals surface area contributed by atoms with E-state index < -0.39 is 11.7 Å². The molecule has 1 amide bonds. The SMILES string of the molecule is N#Cc1ccc(NC(=O)c2cnc(NN)cn2)c(F)c1. The predicted molar refractivity (Wildman–Crippen MR) is 68.9 cm³/mol. The van der Waals surface area contributed by atoms with Crippen LogP contribution in [-0.4, -0.2) is 15.9 Å². The molecule has 0 saturated carbocycles. The molecule has 0 saturated heterocycles. The molecule has 0 aliphatic heterocycles. The molecular weight excluding hydrogens is 263 g/mol. The third-order valence-corrected chi connectivity index (χ3v) is 2.38. The molecule has 0 aliphatic rings. The fourth-order valence-electron chi connectivity index (χ4n) is 1.39. The summed E-state index contributed by atoms with van der Waals surface area (Å²) in [5.41, 5.74) is 2.40. The number of hydrogen-bond acceptors (Lipinski definition) is 6. The molecule has 1 heterocycles. The van der Waals surface area contributed by atoms with Crippen molar-refractivity contribution < 1.29 is 9.18 Å². The van der Waals surface area contributed by atoms with E-state index in [9.17, 15) is 9.18 Å². The van der Waals surface area contributed by atoms with Crippen LogP contribution < -0.4 is 16.6 Å². The van der Waals surface area contributed by atoms with E-state index in [1.807, 2.05) is 0 Å². The largest absolute Gasteiger partial charge is 0.318 e. The van der Waals surface area contributed by atoms with Crippen molar-refractivity contribution in [2.75, 3.05) is 10.7 Å². The molecule has 0 aliphatic carbocycles. The van der Waals surface area contributed by atoms with Gasteiger partial charge in [-0.25, -0.2) is 20.2 Å². The van der Waals surface area contributed by atoms with Crippen LogP contribution >= 0.6 is 0 Å². The van der Waals surface area contributed by atoms with Gasteiger partial charge in [0.1, 0.15) is 11.5 Å². The van der Waals surface area contributed by atoms with Crippen LogP contribution in [0, 0.1) is 17.1 Å². The van der Waals surface area contributed by atoms with Gasteiger partial charge in [0.15, 0.2) is 5.82 Å². The maximum Gasteiger partial charge on any atom is 0.275 e. The Morgan fingerprint density at radius 1 is 1.35 bits per heavy atom. The summed E-state index contributed by atoms with van der Waals surface area (Å²) >= 11 is 0. The second kappa shape index (κ2) is 5.73. The summed E-state index contributed by atoms with van der Waals surface area (Å²) in [7, 11) is 0. The molecule has 0 spiro atoms. The predicted octanol–water partition coefficient (Wildman–Crippen LogP) is 1.03. The first-order valence-electron chi connectivity index (χ1n) is 5.43. The quantitative estimate of drug-likeness (QED) is 0.567. The van der Waals surface area contributed by atoms with Gasteiger partial charge in [-0.15, -0.1) is 0 Å². The van der Waals surface area contributed by atoms with Gasteiger partial charge >= 0.3 is 0 Å². The number of halogens is 1. The highest BCUT2D eigenvalue weighted by Gasteiger charge is 2.11. The minimum absolute atomic E-state index is 0.00718. The Bertz CT molecular complexity index is 679. The molecule has 8 heteroatoms. The van der Waals surface area contributed by atoms with Crippen LogP contribution in [-0.2, 0) is 0 Å². The standard InChI is InChI=1S/C12H9FN6O/c13-8-3-7(4-14)1-2-9(8)18-12(20)10-5-17-11(19-15)6-16-10/h1-3,5-6H,15H2,(H,17,19)(H,18,20). The monoisotopic (exact) mass is 272 g/mol. The molecule has 0 radical (unpaired) electrons. The van der Waals surface area contributed by atoms with Crippen LogP contribution in [0.15, 0.2) is 30.6 Å². The number of carbonyl (C=O) groups is 1. The van der Waals surface area contributed by atoms with Crippen molar-refractivity contribution >= 4 is 17.4 Å². The van der Waals surface area contributed by atoms with Crippen LogP contribution in [0.4, 0.5) is 15.9 Å². The number of rotatable bonds is 3. The number of anilines is 2. The van der Waals surface area contributed by atoms with Gasteiger partial charge in [0.25, 0.3) is 5.91 Å². The number of hydrazine groups is 1. The van der Waals surface area contributed by atoms with Gasteiger partial charge in [0, 0.05) is 0 Å². The summed E-state index contributed by atoms with van der Waals surface area (Å²) in [5.74, 6) is 4.09. The Labute approximate surface area is 113 Å². The molecular formula is C12H9FN6O. The fraction of sp³-hybridized carbons (Fsp3) is 0. The molecule has 100 valence electrons. The number of aromatic nitrogens is 2. The van der Waals surface area contributed by atoms with Crippen molar-refractivity contribution in [2.24, 2.45) is 5.84 Å². The highest BCUT2D eigenvalue weighted by molar-refractivity contribution is 6.02. The number of carbonyl (C=O) groups excluding carboxylic acids is 1. The summed E-state index contributed by atoms with van der Waals surface area (Å²) in [4.78, 5) is 19.5. The fourth-order valence-corrected chi connectivity index (χ4v) is 1.39. The van der Waals surface area contributed by atoms with Gasteiger partial charge in [0.05, 0.1) is 29.7 Å². The third-order valence-electron chi connectivity index (χ3n) is 2.38. The molecule has 1 aromatic heterocycles. The van der Waals surface area contributed by atoms with Gasteiger partial charge < -0.3 is 10.7 Å². The van der Waals surface area contributed by atoms with Crippen LogP contribution in [0.3, 0.4) is 0 Å². The summed E-state index contributed by atoms with van der Waals surface area (Å²) in [5, 5.41) is 11.0. The van der Waals surface area contributed by atoms with Crippen LogP contribution in [0.25, 0.3) is 0 Å². The molecule has 2 rings (SSSR count). The van der Waals surface area contributed by atoms with Crippen molar-refractivity contribution in [1.29, 1.82) is 5.26 Å². The van der Waals surface area contributed by atoms with E-state index in [0.29, 0.717) is 5.82 Å². The van der Waals surface area contributed by atoms with Gasteiger partial charge in [-0.3, -0.25) is 4.79 Å². The maximum atomic E-state index is 13.6. The van der Waals surface area contributed by atoms with Crippen molar-refractivity contribution in [3.63, 3.8) is 0 Å². The number of nitriles is 1. The number of nitrogens with zero attached hydrogens (tertiary/aromatic N) is 3. The number of nitrogen functional groups attached to an aromatic ring is 1. The minimum atomic E-state index is -0.703. The number of hydrogen-bond donors (Lipinski definition) is 3. The highest BCUT2D eigenvalue weighted by Crippen LogP contribution is 2.16. The van der Waals surface area contributed by atoms with Crippen molar-refractivity contribution in [3.05, 3.63) is 47.7 Å². The average molecular weight is 272 g/mol. The zero-order chi connectivity index (χ0) is 14.5. The van der Waals surface area contributed by atoms with E-state index >= 15 is 0 Å². The zero-order valence-corrected chi connectivity index (χ0v) is 10.1. The second-order valence-corrected chi connectivity index (χ2v) is 3.69. The van der Waals surface area contributed by atoms with Crippen LogP contribution in [0.1, 0.15) is 16.1 Å².